The van der Waals surface area contributed by atoms with E-state index in [-0.39, 0.29) is 24.0 Å². The number of aromatic nitrogens is 4. The van der Waals surface area contributed by atoms with Crippen LogP contribution < -0.4 is 10.9 Å². The van der Waals surface area contributed by atoms with Gasteiger partial charge in [-0.3, -0.25) is 14.3 Å². The molecule has 1 N–H and O–H groups in total. The van der Waals surface area contributed by atoms with Crippen molar-refractivity contribution in [2.45, 2.75) is 70.9 Å². The van der Waals surface area contributed by atoms with Gasteiger partial charge in [0, 0.05) is 37.2 Å². The Labute approximate surface area is 211 Å². The van der Waals surface area contributed by atoms with E-state index in [0.717, 1.165) is 68.0 Å². The predicted octanol–water partition coefficient (Wildman–Crippen LogP) is 3.93. The molecule has 1 aliphatic carbocycles. The number of pyridine rings is 2. The van der Waals surface area contributed by atoms with Crippen LogP contribution in [0, 0.1) is 5.92 Å². The van der Waals surface area contributed by atoms with Gasteiger partial charge in [0.2, 0.25) is 0 Å². The number of anilines is 1. The Morgan fingerprint density at radius 3 is 2.86 bits per heavy atom. The molecule has 0 amide bonds. The van der Waals surface area contributed by atoms with Crippen LogP contribution >= 0.6 is 0 Å². The van der Waals surface area contributed by atoms with Gasteiger partial charge in [-0.15, -0.1) is 0 Å². The highest BCUT2D eigenvalue weighted by Crippen LogP contribution is 2.30. The van der Waals surface area contributed by atoms with Crippen molar-refractivity contribution in [3.05, 3.63) is 75.6 Å². The van der Waals surface area contributed by atoms with E-state index in [4.69, 9.17) is 14.8 Å². The Morgan fingerprint density at radius 1 is 1.17 bits per heavy atom. The lowest BCUT2D eigenvalue weighted by molar-refractivity contribution is -0.143. The number of esters is 1. The standard InChI is InChI=1S/C28H35N5O3/c1-2-36-27(35)17-25(22-11-13-26(34)32(19-22)18-20-8-9-20)33-16-14-24(31-33)7-3-6-23-12-10-21-5-4-15-29-28(21)30-23/h10-14,16,19-20,25H,2-9,15,17-18H2,1H3,(H,29,30)/t25-/m0/s1. The van der Waals surface area contributed by atoms with Gasteiger partial charge in [-0.05, 0) is 87.1 Å². The summed E-state index contributed by atoms with van der Waals surface area (Å²) in [6, 6.07) is 9.43. The number of ether oxygens (including phenoxy) is 1. The molecular weight excluding hydrogens is 454 g/mol. The zero-order valence-electron chi connectivity index (χ0n) is 21.0. The molecule has 1 atom stereocenters. The lowest BCUT2D eigenvalue weighted by Gasteiger charge is -2.19. The van der Waals surface area contributed by atoms with Crippen molar-refractivity contribution in [2.24, 2.45) is 5.92 Å². The summed E-state index contributed by atoms with van der Waals surface area (Å²) in [6.45, 7) is 3.87. The van der Waals surface area contributed by atoms with E-state index in [1.54, 1.807) is 10.6 Å². The van der Waals surface area contributed by atoms with Crippen LogP contribution in [0.4, 0.5) is 5.82 Å². The Kier molecular flexibility index (Phi) is 7.49. The van der Waals surface area contributed by atoms with Crippen LogP contribution in [0.5, 0.6) is 0 Å². The fourth-order valence-electron chi connectivity index (χ4n) is 4.85. The quantitative estimate of drug-likeness (QED) is 0.411. The zero-order chi connectivity index (χ0) is 24.9. The molecule has 0 radical (unpaired) electrons. The highest BCUT2D eigenvalue weighted by atomic mass is 16.5. The predicted molar refractivity (Wildman–Crippen MR) is 138 cm³/mol. The number of hydrogen-bond donors (Lipinski definition) is 1. The third-order valence-corrected chi connectivity index (χ3v) is 7.01. The summed E-state index contributed by atoms with van der Waals surface area (Å²) >= 11 is 0. The van der Waals surface area contributed by atoms with Crippen molar-refractivity contribution in [3.8, 4) is 0 Å². The number of aryl methyl sites for hydroxylation is 3. The fraction of sp³-hybridized carbons (Fsp3) is 0.500. The second kappa shape index (κ2) is 11.1. The molecule has 0 unspecified atom stereocenters. The van der Waals surface area contributed by atoms with Crippen LogP contribution in [0.25, 0.3) is 0 Å². The van der Waals surface area contributed by atoms with Crippen molar-refractivity contribution >= 4 is 11.8 Å². The van der Waals surface area contributed by atoms with E-state index in [2.05, 4.69) is 17.4 Å². The van der Waals surface area contributed by atoms with Gasteiger partial charge in [0.05, 0.1) is 24.8 Å². The van der Waals surface area contributed by atoms with E-state index in [9.17, 15) is 9.59 Å². The molecule has 8 nitrogen and oxygen atoms in total. The molecule has 3 aromatic heterocycles. The first-order valence-electron chi connectivity index (χ1n) is 13.2. The minimum Gasteiger partial charge on any atom is -0.466 e. The highest BCUT2D eigenvalue weighted by molar-refractivity contribution is 5.70. The average Bonchev–Trinajstić information content (AvgIpc) is 3.58. The summed E-state index contributed by atoms with van der Waals surface area (Å²) in [7, 11) is 0. The summed E-state index contributed by atoms with van der Waals surface area (Å²) < 4.78 is 8.86. The summed E-state index contributed by atoms with van der Waals surface area (Å²) in [4.78, 5) is 29.6. The van der Waals surface area contributed by atoms with Gasteiger partial charge < -0.3 is 14.6 Å². The molecule has 1 saturated carbocycles. The molecule has 1 fully saturated rings. The van der Waals surface area contributed by atoms with E-state index < -0.39 is 0 Å². The van der Waals surface area contributed by atoms with Gasteiger partial charge in [-0.25, -0.2) is 4.98 Å². The van der Waals surface area contributed by atoms with E-state index in [0.29, 0.717) is 12.5 Å². The third kappa shape index (κ3) is 6.04. The lowest BCUT2D eigenvalue weighted by atomic mass is 10.1. The number of nitrogens with one attached hydrogen (secondary N) is 1. The van der Waals surface area contributed by atoms with Crippen LogP contribution in [-0.4, -0.2) is 38.5 Å². The van der Waals surface area contributed by atoms with Gasteiger partial charge in [-0.1, -0.05) is 6.07 Å². The maximum atomic E-state index is 12.4. The molecule has 3 aromatic rings. The smallest absolute Gasteiger partial charge is 0.308 e. The van der Waals surface area contributed by atoms with Gasteiger partial charge >= 0.3 is 5.97 Å². The number of carbonyl (C=O) groups excluding carboxylic acids is 1. The normalized spacial score (nSPS) is 15.7. The SMILES string of the molecule is CCOC(=O)C[C@@H](c1ccc(=O)n(CC2CC2)c1)n1ccc(CCCc2ccc3c(n2)NCCC3)n1. The molecule has 0 bridgehead atoms. The number of rotatable bonds is 11. The highest BCUT2D eigenvalue weighted by Gasteiger charge is 2.24. The molecular formula is C28H35N5O3. The van der Waals surface area contributed by atoms with Crippen molar-refractivity contribution in [3.63, 3.8) is 0 Å². The summed E-state index contributed by atoms with van der Waals surface area (Å²) in [5.74, 6) is 1.34. The van der Waals surface area contributed by atoms with Crippen LogP contribution in [0.2, 0.25) is 0 Å². The van der Waals surface area contributed by atoms with Crippen molar-refractivity contribution in [1.82, 2.24) is 19.3 Å². The average molecular weight is 490 g/mol. The lowest BCUT2D eigenvalue weighted by Crippen LogP contribution is -2.23. The van der Waals surface area contributed by atoms with Crippen LogP contribution in [-0.2, 0) is 35.3 Å². The first-order chi connectivity index (χ1) is 17.6. The Bertz CT molecular complexity index is 1260. The topological polar surface area (TPSA) is 91.0 Å². The molecule has 4 heterocycles. The molecule has 36 heavy (non-hydrogen) atoms. The van der Waals surface area contributed by atoms with Crippen molar-refractivity contribution in [2.75, 3.05) is 18.5 Å². The summed E-state index contributed by atoms with van der Waals surface area (Å²) in [5, 5.41) is 8.22. The van der Waals surface area contributed by atoms with E-state index >= 15 is 0 Å². The second-order valence-electron chi connectivity index (χ2n) is 9.90. The molecule has 0 saturated heterocycles. The number of fused-ring (bicyclic) bond motifs is 1. The zero-order valence-corrected chi connectivity index (χ0v) is 21.0. The maximum Gasteiger partial charge on any atom is 0.308 e. The summed E-state index contributed by atoms with van der Waals surface area (Å²) in [5.41, 5.74) is 4.27. The Hall–Kier alpha value is -3.42. The number of carbonyl (C=O) groups is 1. The van der Waals surface area contributed by atoms with Gasteiger partial charge in [0.25, 0.3) is 5.56 Å². The van der Waals surface area contributed by atoms with Crippen LogP contribution in [0.1, 0.15) is 67.6 Å². The molecule has 5 rings (SSSR count). The third-order valence-electron chi connectivity index (χ3n) is 7.01. The number of nitrogens with zero attached hydrogens (tertiary/aromatic N) is 4. The Morgan fingerprint density at radius 2 is 2.03 bits per heavy atom. The minimum atomic E-state index is -0.322. The monoisotopic (exact) mass is 489 g/mol. The van der Waals surface area contributed by atoms with Gasteiger partial charge in [0.1, 0.15) is 5.82 Å². The molecule has 0 aromatic carbocycles. The first-order valence-corrected chi connectivity index (χ1v) is 13.2. The molecule has 2 aliphatic rings. The largest absolute Gasteiger partial charge is 0.466 e. The molecule has 1 aliphatic heterocycles. The Balaban J connectivity index is 1.28. The second-order valence-corrected chi connectivity index (χ2v) is 9.90. The van der Waals surface area contributed by atoms with Gasteiger partial charge in [0.15, 0.2) is 0 Å². The number of hydrogen-bond acceptors (Lipinski definition) is 6. The van der Waals surface area contributed by atoms with Crippen molar-refractivity contribution in [1.29, 1.82) is 0 Å². The van der Waals surface area contributed by atoms with Crippen molar-refractivity contribution < 1.29 is 9.53 Å². The molecule has 0 spiro atoms. The van der Waals surface area contributed by atoms with Crippen LogP contribution in [0.15, 0.2) is 47.5 Å². The maximum absolute atomic E-state index is 12.4. The molecule has 190 valence electrons. The summed E-state index contributed by atoms with van der Waals surface area (Å²) in [6.07, 6.45) is 11.2. The van der Waals surface area contributed by atoms with Crippen LogP contribution in [0.3, 0.4) is 0 Å². The van der Waals surface area contributed by atoms with E-state index in [1.165, 1.54) is 18.4 Å². The first kappa shape index (κ1) is 24.3. The fourth-order valence-corrected chi connectivity index (χ4v) is 4.85. The van der Waals surface area contributed by atoms with Gasteiger partial charge in [-0.2, -0.15) is 5.10 Å². The van der Waals surface area contributed by atoms with E-state index in [1.807, 2.05) is 36.1 Å². The minimum absolute atomic E-state index is 0.00678. The molecule has 8 heteroatoms.